The second kappa shape index (κ2) is 6.83. The van der Waals surface area contributed by atoms with Crippen LogP contribution in [-0.4, -0.2) is 46.8 Å². The molecule has 5 nitrogen and oxygen atoms in total. The van der Waals surface area contributed by atoms with Crippen molar-refractivity contribution < 1.29 is 4.79 Å². The third-order valence-corrected chi connectivity index (χ3v) is 5.20. The number of nitrogens with zero attached hydrogens (tertiary/aromatic N) is 4. The van der Waals surface area contributed by atoms with Gasteiger partial charge in [0.25, 0.3) is 5.91 Å². The van der Waals surface area contributed by atoms with Crippen molar-refractivity contribution in [1.82, 2.24) is 14.7 Å². The molecule has 26 heavy (non-hydrogen) atoms. The van der Waals surface area contributed by atoms with Gasteiger partial charge in [-0.25, -0.2) is 0 Å². The van der Waals surface area contributed by atoms with Crippen LogP contribution in [0.1, 0.15) is 22.5 Å². The summed E-state index contributed by atoms with van der Waals surface area (Å²) in [6, 6.07) is 16.4. The molecule has 0 spiro atoms. The topological polar surface area (TPSA) is 41.4 Å². The first-order valence-electron chi connectivity index (χ1n) is 9.17. The largest absolute Gasteiger partial charge is 0.369 e. The molecule has 0 N–H and O–H groups in total. The number of aryl methyl sites for hydroxylation is 2. The van der Waals surface area contributed by atoms with E-state index in [1.165, 1.54) is 11.3 Å². The molecular formula is C21H24N4O. The Kier molecular flexibility index (Phi) is 4.37. The van der Waals surface area contributed by atoms with E-state index in [1.54, 1.807) is 4.68 Å². The lowest BCUT2D eigenvalue weighted by Gasteiger charge is -2.25. The molecule has 2 aromatic carbocycles. The van der Waals surface area contributed by atoms with Crippen molar-refractivity contribution in [3.63, 3.8) is 0 Å². The molecule has 5 heteroatoms. The maximum Gasteiger partial charge on any atom is 0.275 e. The van der Waals surface area contributed by atoms with Crippen molar-refractivity contribution in [3.8, 4) is 0 Å². The third kappa shape index (κ3) is 2.94. The van der Waals surface area contributed by atoms with Gasteiger partial charge in [-0.3, -0.25) is 9.48 Å². The maximum atomic E-state index is 13.1. The van der Waals surface area contributed by atoms with E-state index >= 15 is 0 Å². The molecule has 1 fully saturated rings. The number of aromatic nitrogens is 2. The number of carbonyl (C=O) groups excluding carboxylic acids is 1. The molecule has 1 amide bonds. The third-order valence-electron chi connectivity index (χ3n) is 5.20. The summed E-state index contributed by atoms with van der Waals surface area (Å²) in [6.45, 7) is 5.45. The summed E-state index contributed by atoms with van der Waals surface area (Å²) in [7, 11) is 1.89. The highest BCUT2D eigenvalue weighted by atomic mass is 16.2. The number of fused-ring (bicyclic) bond motifs is 1. The van der Waals surface area contributed by atoms with Crippen LogP contribution < -0.4 is 4.90 Å². The Balaban J connectivity index is 1.55. The second-order valence-electron chi connectivity index (χ2n) is 6.91. The fraction of sp³-hybridized carbons (Fsp3) is 0.333. The standard InChI is InChI=1S/C21H24N4O/c1-16-8-3-5-10-18(16)24-12-7-13-25(15-14-24)21(26)20-17-9-4-6-11-19(17)23(2)22-20/h3-6,8-11H,7,12-15H2,1-2H3. The first-order valence-corrected chi connectivity index (χ1v) is 9.17. The first kappa shape index (κ1) is 16.6. The summed E-state index contributed by atoms with van der Waals surface area (Å²) >= 11 is 0. The zero-order valence-corrected chi connectivity index (χ0v) is 15.4. The Morgan fingerprint density at radius 2 is 1.73 bits per heavy atom. The van der Waals surface area contributed by atoms with Gasteiger partial charge in [-0.15, -0.1) is 0 Å². The lowest BCUT2D eigenvalue weighted by atomic mass is 10.2. The van der Waals surface area contributed by atoms with Crippen LogP contribution in [0.15, 0.2) is 48.5 Å². The van der Waals surface area contributed by atoms with E-state index in [0.717, 1.165) is 43.5 Å². The number of carbonyl (C=O) groups is 1. The van der Waals surface area contributed by atoms with Crippen molar-refractivity contribution in [2.75, 3.05) is 31.1 Å². The zero-order chi connectivity index (χ0) is 18.1. The van der Waals surface area contributed by atoms with E-state index < -0.39 is 0 Å². The highest BCUT2D eigenvalue weighted by Crippen LogP contribution is 2.23. The Hall–Kier alpha value is -2.82. The fourth-order valence-electron chi connectivity index (χ4n) is 3.80. The zero-order valence-electron chi connectivity index (χ0n) is 15.4. The van der Waals surface area contributed by atoms with Gasteiger partial charge in [0, 0.05) is 44.3 Å². The van der Waals surface area contributed by atoms with E-state index in [4.69, 9.17) is 0 Å². The van der Waals surface area contributed by atoms with Crippen LogP contribution >= 0.6 is 0 Å². The summed E-state index contributed by atoms with van der Waals surface area (Å²) in [6.07, 6.45) is 0.963. The lowest BCUT2D eigenvalue weighted by Crippen LogP contribution is -2.35. The van der Waals surface area contributed by atoms with Crippen molar-refractivity contribution in [2.24, 2.45) is 7.05 Å². The molecule has 134 valence electrons. The quantitative estimate of drug-likeness (QED) is 0.714. The van der Waals surface area contributed by atoms with Crippen LogP contribution in [0.2, 0.25) is 0 Å². The number of amides is 1. The summed E-state index contributed by atoms with van der Waals surface area (Å²) < 4.78 is 1.79. The van der Waals surface area contributed by atoms with Crippen LogP contribution in [0, 0.1) is 6.92 Å². The average Bonchev–Trinajstić information content (AvgIpc) is 2.83. The van der Waals surface area contributed by atoms with E-state index in [2.05, 4.69) is 41.2 Å². The van der Waals surface area contributed by atoms with Gasteiger partial charge in [0.2, 0.25) is 0 Å². The molecule has 0 saturated carbocycles. The minimum absolute atomic E-state index is 0.0356. The lowest BCUT2D eigenvalue weighted by molar-refractivity contribution is 0.0762. The number of hydrogen-bond acceptors (Lipinski definition) is 3. The van der Waals surface area contributed by atoms with Crippen molar-refractivity contribution in [3.05, 3.63) is 59.8 Å². The van der Waals surface area contributed by atoms with Gasteiger partial charge < -0.3 is 9.80 Å². The first-order chi connectivity index (χ1) is 12.6. The number of anilines is 1. The molecule has 4 rings (SSSR count). The summed E-state index contributed by atoms with van der Waals surface area (Å²) in [4.78, 5) is 17.5. The van der Waals surface area contributed by atoms with Gasteiger partial charge in [-0.1, -0.05) is 36.4 Å². The van der Waals surface area contributed by atoms with E-state index in [1.807, 2.05) is 36.2 Å². The summed E-state index contributed by atoms with van der Waals surface area (Å²) in [5.41, 5.74) is 4.10. The molecule has 0 aliphatic carbocycles. The number of hydrogen-bond donors (Lipinski definition) is 0. The van der Waals surface area contributed by atoms with Gasteiger partial charge >= 0.3 is 0 Å². The van der Waals surface area contributed by atoms with E-state index in [0.29, 0.717) is 5.69 Å². The smallest absolute Gasteiger partial charge is 0.275 e. The van der Waals surface area contributed by atoms with E-state index in [9.17, 15) is 4.79 Å². The molecule has 0 radical (unpaired) electrons. The second-order valence-corrected chi connectivity index (χ2v) is 6.91. The Morgan fingerprint density at radius 1 is 0.962 bits per heavy atom. The van der Waals surface area contributed by atoms with Crippen LogP contribution in [0.25, 0.3) is 10.9 Å². The molecule has 1 aliphatic rings. The molecule has 3 aromatic rings. The minimum Gasteiger partial charge on any atom is -0.369 e. The van der Waals surface area contributed by atoms with Crippen molar-refractivity contribution in [1.29, 1.82) is 0 Å². The SMILES string of the molecule is Cc1ccccc1N1CCCN(C(=O)c2nn(C)c3ccccc23)CC1. The van der Waals surface area contributed by atoms with Crippen LogP contribution in [0.3, 0.4) is 0 Å². The predicted molar refractivity (Wildman–Crippen MR) is 105 cm³/mol. The number of benzene rings is 2. The Bertz CT molecular complexity index is 946. The average molecular weight is 348 g/mol. The number of rotatable bonds is 2. The predicted octanol–water partition coefficient (Wildman–Crippen LogP) is 3.23. The Morgan fingerprint density at radius 3 is 2.58 bits per heavy atom. The molecular weight excluding hydrogens is 324 g/mol. The normalized spacial score (nSPS) is 15.3. The van der Waals surface area contributed by atoms with Crippen LogP contribution in [0.5, 0.6) is 0 Å². The van der Waals surface area contributed by atoms with Crippen molar-refractivity contribution >= 4 is 22.5 Å². The highest BCUT2D eigenvalue weighted by Gasteiger charge is 2.24. The summed E-state index contributed by atoms with van der Waals surface area (Å²) in [5.74, 6) is 0.0356. The van der Waals surface area contributed by atoms with Gasteiger partial charge in [0.15, 0.2) is 5.69 Å². The minimum atomic E-state index is 0.0356. The molecule has 2 heterocycles. The number of para-hydroxylation sites is 2. The molecule has 1 aromatic heterocycles. The summed E-state index contributed by atoms with van der Waals surface area (Å²) in [5, 5.41) is 5.43. The van der Waals surface area contributed by atoms with Gasteiger partial charge in [0.05, 0.1) is 5.52 Å². The fourth-order valence-corrected chi connectivity index (χ4v) is 3.80. The maximum absolute atomic E-state index is 13.1. The van der Waals surface area contributed by atoms with Crippen LogP contribution in [0.4, 0.5) is 5.69 Å². The van der Waals surface area contributed by atoms with Gasteiger partial charge in [0.1, 0.15) is 0 Å². The van der Waals surface area contributed by atoms with Gasteiger partial charge in [-0.2, -0.15) is 5.10 Å². The molecule has 1 aliphatic heterocycles. The van der Waals surface area contributed by atoms with E-state index in [-0.39, 0.29) is 5.91 Å². The molecule has 1 saturated heterocycles. The highest BCUT2D eigenvalue weighted by molar-refractivity contribution is 6.04. The molecule has 0 bridgehead atoms. The van der Waals surface area contributed by atoms with Crippen molar-refractivity contribution in [2.45, 2.75) is 13.3 Å². The van der Waals surface area contributed by atoms with Gasteiger partial charge in [-0.05, 0) is 31.0 Å². The Labute approximate surface area is 153 Å². The monoisotopic (exact) mass is 348 g/mol. The van der Waals surface area contributed by atoms with Crippen LogP contribution in [-0.2, 0) is 7.05 Å². The molecule has 0 unspecified atom stereocenters. The molecule has 0 atom stereocenters.